The minimum Gasteiger partial charge on any atom is -0.497 e. The first-order chi connectivity index (χ1) is 14.2. The predicted molar refractivity (Wildman–Crippen MR) is 114 cm³/mol. The summed E-state index contributed by atoms with van der Waals surface area (Å²) in [6.45, 7) is 3.59. The lowest BCUT2D eigenvalue weighted by Gasteiger charge is -2.11. The second-order valence-electron chi connectivity index (χ2n) is 6.49. The Morgan fingerprint density at radius 3 is 2.55 bits per heavy atom. The largest absolute Gasteiger partial charge is 0.497 e. The number of nitrogens with one attached hydrogen (secondary N) is 2. The Hall–Kier alpha value is -3.54. The Morgan fingerprint density at radius 1 is 1.03 bits per heavy atom. The lowest BCUT2D eigenvalue weighted by atomic mass is 10.1. The van der Waals surface area contributed by atoms with Crippen LogP contribution in [-0.2, 0) is 6.54 Å². The first kappa shape index (κ1) is 20.2. The highest BCUT2D eigenvalue weighted by atomic mass is 16.5. The second kappa shape index (κ2) is 10.1. The summed E-state index contributed by atoms with van der Waals surface area (Å²) >= 11 is 0. The van der Waals surface area contributed by atoms with E-state index in [-0.39, 0.29) is 5.91 Å². The molecule has 6 heteroatoms. The minimum atomic E-state index is -0.202. The first-order valence-electron chi connectivity index (χ1n) is 9.45. The zero-order chi connectivity index (χ0) is 20.5. The molecular weight excluding hydrogens is 366 g/mol. The average Bonchev–Trinajstić information content (AvgIpc) is 2.76. The monoisotopic (exact) mass is 391 g/mol. The number of carbonyl (C=O) groups is 1. The summed E-state index contributed by atoms with van der Waals surface area (Å²) in [6, 6.07) is 19.0. The molecule has 0 aliphatic carbocycles. The normalized spacial score (nSPS) is 10.3. The van der Waals surface area contributed by atoms with Gasteiger partial charge in [-0.15, -0.1) is 0 Å². The fourth-order valence-corrected chi connectivity index (χ4v) is 2.78. The number of aryl methyl sites for hydroxylation is 1. The van der Waals surface area contributed by atoms with Gasteiger partial charge in [0.25, 0.3) is 5.91 Å². The molecule has 0 unspecified atom stereocenters. The minimum absolute atomic E-state index is 0.202. The third-order valence-electron chi connectivity index (χ3n) is 4.45. The van der Waals surface area contributed by atoms with Crippen LogP contribution in [0.1, 0.15) is 21.6 Å². The average molecular weight is 391 g/mol. The van der Waals surface area contributed by atoms with Gasteiger partial charge in [-0.3, -0.25) is 9.78 Å². The standard InChI is InChI=1S/C23H25N3O3/c1-17-5-3-4-6-18(17)16-26-23(27)22-15-19(11-12-25-22)24-13-14-29-21-9-7-20(28-2)8-10-21/h3-12,15H,13-14,16H2,1-2H3,(H,24,25)(H,26,27). The van der Waals surface area contributed by atoms with Crippen LogP contribution in [-0.4, -0.2) is 31.2 Å². The number of aromatic nitrogens is 1. The summed E-state index contributed by atoms with van der Waals surface area (Å²) in [5.74, 6) is 1.37. The fraction of sp³-hybridized carbons (Fsp3) is 0.217. The van der Waals surface area contributed by atoms with Crippen molar-refractivity contribution in [1.29, 1.82) is 0 Å². The molecule has 0 saturated heterocycles. The molecule has 1 aromatic heterocycles. The highest BCUT2D eigenvalue weighted by molar-refractivity contribution is 5.93. The summed E-state index contributed by atoms with van der Waals surface area (Å²) < 4.78 is 10.8. The molecule has 3 aromatic rings. The van der Waals surface area contributed by atoms with Crippen molar-refractivity contribution in [2.75, 3.05) is 25.6 Å². The number of benzene rings is 2. The molecule has 6 nitrogen and oxygen atoms in total. The number of pyridine rings is 1. The van der Waals surface area contributed by atoms with Crippen LogP contribution in [0.4, 0.5) is 5.69 Å². The number of hydrogen-bond acceptors (Lipinski definition) is 5. The van der Waals surface area contributed by atoms with Gasteiger partial charge < -0.3 is 20.1 Å². The number of carbonyl (C=O) groups excluding carboxylic acids is 1. The predicted octanol–water partition coefficient (Wildman–Crippen LogP) is 3.82. The molecule has 150 valence electrons. The van der Waals surface area contributed by atoms with Gasteiger partial charge in [-0.05, 0) is 54.4 Å². The summed E-state index contributed by atoms with van der Waals surface area (Å²) in [4.78, 5) is 16.6. The first-order valence-corrected chi connectivity index (χ1v) is 9.45. The van der Waals surface area contributed by atoms with Crippen molar-refractivity contribution in [2.45, 2.75) is 13.5 Å². The van der Waals surface area contributed by atoms with Crippen molar-refractivity contribution in [1.82, 2.24) is 10.3 Å². The molecule has 1 amide bonds. The number of methoxy groups -OCH3 is 1. The zero-order valence-corrected chi connectivity index (χ0v) is 16.6. The van der Waals surface area contributed by atoms with E-state index in [1.54, 1.807) is 19.4 Å². The molecule has 1 heterocycles. The van der Waals surface area contributed by atoms with Gasteiger partial charge in [-0.25, -0.2) is 0 Å². The van der Waals surface area contributed by atoms with E-state index in [4.69, 9.17) is 9.47 Å². The Morgan fingerprint density at radius 2 is 1.79 bits per heavy atom. The van der Waals surface area contributed by atoms with E-state index < -0.39 is 0 Å². The van der Waals surface area contributed by atoms with Crippen LogP contribution in [0.25, 0.3) is 0 Å². The van der Waals surface area contributed by atoms with Crippen LogP contribution in [0, 0.1) is 6.92 Å². The van der Waals surface area contributed by atoms with Gasteiger partial charge in [0.15, 0.2) is 0 Å². The van der Waals surface area contributed by atoms with Gasteiger partial charge >= 0.3 is 0 Å². The molecule has 0 aliphatic heterocycles. The lowest BCUT2D eigenvalue weighted by molar-refractivity contribution is 0.0946. The summed E-state index contributed by atoms with van der Waals surface area (Å²) in [6.07, 6.45) is 1.62. The van der Waals surface area contributed by atoms with Crippen molar-refractivity contribution in [3.05, 3.63) is 83.7 Å². The lowest BCUT2D eigenvalue weighted by Crippen LogP contribution is -2.24. The summed E-state index contributed by atoms with van der Waals surface area (Å²) in [5, 5.41) is 6.16. The van der Waals surface area contributed by atoms with E-state index in [2.05, 4.69) is 15.6 Å². The number of rotatable bonds is 9. The summed E-state index contributed by atoms with van der Waals surface area (Å²) in [7, 11) is 1.63. The van der Waals surface area contributed by atoms with Crippen molar-refractivity contribution in [3.63, 3.8) is 0 Å². The van der Waals surface area contributed by atoms with Crippen LogP contribution in [0.3, 0.4) is 0 Å². The van der Waals surface area contributed by atoms with E-state index in [0.717, 1.165) is 28.3 Å². The van der Waals surface area contributed by atoms with Crippen molar-refractivity contribution >= 4 is 11.6 Å². The molecule has 29 heavy (non-hydrogen) atoms. The van der Waals surface area contributed by atoms with Gasteiger partial charge in [-0.1, -0.05) is 24.3 Å². The molecule has 0 radical (unpaired) electrons. The molecule has 3 rings (SSSR count). The van der Waals surface area contributed by atoms with Crippen LogP contribution in [0.2, 0.25) is 0 Å². The Labute approximate surface area is 170 Å². The van der Waals surface area contributed by atoms with E-state index in [9.17, 15) is 4.79 Å². The number of nitrogens with zero attached hydrogens (tertiary/aromatic N) is 1. The van der Waals surface area contributed by atoms with Gasteiger partial charge in [-0.2, -0.15) is 0 Å². The van der Waals surface area contributed by atoms with Crippen LogP contribution in [0.15, 0.2) is 66.9 Å². The number of ether oxygens (including phenoxy) is 2. The molecular formula is C23H25N3O3. The van der Waals surface area contributed by atoms with Gasteiger partial charge in [0, 0.05) is 25.0 Å². The molecule has 0 spiro atoms. The maximum atomic E-state index is 12.4. The second-order valence-corrected chi connectivity index (χ2v) is 6.49. The molecule has 0 atom stereocenters. The van der Waals surface area contributed by atoms with E-state index in [0.29, 0.717) is 25.4 Å². The van der Waals surface area contributed by atoms with Gasteiger partial charge in [0.1, 0.15) is 23.8 Å². The smallest absolute Gasteiger partial charge is 0.270 e. The Kier molecular flexibility index (Phi) is 7.05. The van der Waals surface area contributed by atoms with Gasteiger partial charge in [0.05, 0.1) is 7.11 Å². The molecule has 0 fully saturated rings. The third kappa shape index (κ3) is 5.97. The zero-order valence-electron chi connectivity index (χ0n) is 16.6. The highest BCUT2D eigenvalue weighted by Gasteiger charge is 2.08. The number of anilines is 1. The van der Waals surface area contributed by atoms with E-state index in [1.807, 2.05) is 61.5 Å². The quantitative estimate of drug-likeness (QED) is 0.543. The maximum Gasteiger partial charge on any atom is 0.270 e. The molecule has 2 N–H and O–H groups in total. The Balaban J connectivity index is 1.47. The topological polar surface area (TPSA) is 72.5 Å². The SMILES string of the molecule is COc1ccc(OCCNc2ccnc(C(=O)NCc3ccccc3C)c2)cc1. The van der Waals surface area contributed by atoms with Crippen LogP contribution >= 0.6 is 0 Å². The molecule has 2 aromatic carbocycles. The molecule has 0 bridgehead atoms. The fourth-order valence-electron chi connectivity index (χ4n) is 2.78. The van der Waals surface area contributed by atoms with Crippen molar-refractivity contribution < 1.29 is 14.3 Å². The van der Waals surface area contributed by atoms with Crippen molar-refractivity contribution in [2.24, 2.45) is 0 Å². The number of hydrogen-bond donors (Lipinski definition) is 2. The third-order valence-corrected chi connectivity index (χ3v) is 4.45. The van der Waals surface area contributed by atoms with Crippen LogP contribution < -0.4 is 20.1 Å². The summed E-state index contributed by atoms with van der Waals surface area (Å²) in [5.41, 5.74) is 3.43. The van der Waals surface area contributed by atoms with Crippen molar-refractivity contribution in [3.8, 4) is 11.5 Å². The number of amides is 1. The molecule has 0 saturated carbocycles. The maximum absolute atomic E-state index is 12.4. The van der Waals surface area contributed by atoms with E-state index in [1.165, 1.54) is 0 Å². The highest BCUT2D eigenvalue weighted by Crippen LogP contribution is 2.17. The molecule has 0 aliphatic rings. The Bertz CT molecular complexity index is 942. The van der Waals surface area contributed by atoms with E-state index >= 15 is 0 Å². The van der Waals surface area contributed by atoms with Gasteiger partial charge in [0.2, 0.25) is 0 Å². The van der Waals surface area contributed by atoms with Crippen LogP contribution in [0.5, 0.6) is 11.5 Å².